The first-order valence-corrected chi connectivity index (χ1v) is 4.69. The van der Waals surface area contributed by atoms with E-state index in [1.165, 1.54) is 0 Å². The summed E-state index contributed by atoms with van der Waals surface area (Å²) >= 11 is 0. The van der Waals surface area contributed by atoms with E-state index in [-0.39, 0.29) is 30.0 Å². The van der Waals surface area contributed by atoms with Crippen LogP contribution in [0.3, 0.4) is 0 Å². The highest BCUT2D eigenvalue weighted by Crippen LogP contribution is 2.47. The molecule has 4 heteroatoms. The summed E-state index contributed by atoms with van der Waals surface area (Å²) in [4.78, 5) is 0. The topological polar surface area (TPSA) is 55.5 Å². The molecule has 0 atom stereocenters. The highest BCUT2D eigenvalue weighted by Gasteiger charge is 2.48. The Morgan fingerprint density at radius 3 is 2.15 bits per heavy atom. The van der Waals surface area contributed by atoms with Gasteiger partial charge in [-0.2, -0.15) is 0 Å². The minimum atomic E-state index is -0.0308. The van der Waals surface area contributed by atoms with E-state index in [4.69, 9.17) is 10.5 Å². The molecule has 2 aliphatic heterocycles. The Hall–Kier alpha value is 0.170. The summed E-state index contributed by atoms with van der Waals surface area (Å²) in [6.07, 6.45) is 4.23. The summed E-state index contributed by atoms with van der Waals surface area (Å²) in [6.45, 7) is 1.61. The third kappa shape index (κ3) is 1.71. The van der Waals surface area contributed by atoms with Crippen LogP contribution in [0.2, 0.25) is 0 Å². The molecule has 0 aromatic heterocycles. The van der Waals surface area contributed by atoms with Gasteiger partial charge in [-0.3, -0.25) is 0 Å². The van der Waals surface area contributed by atoms with E-state index >= 15 is 0 Å². The summed E-state index contributed by atoms with van der Waals surface area (Å²) in [6, 6.07) is 0. The Labute approximate surface area is 85.0 Å². The van der Waals surface area contributed by atoms with Crippen molar-refractivity contribution in [2.75, 3.05) is 19.8 Å². The molecule has 3 nitrogen and oxygen atoms in total. The smallest absolute Gasteiger partial charge is 0.0804 e. The number of hydrogen-bond acceptors (Lipinski definition) is 3. The Morgan fingerprint density at radius 1 is 1.23 bits per heavy atom. The lowest BCUT2D eigenvalue weighted by Gasteiger charge is -2.52. The molecular formula is C9H18ClNO2. The Kier molecular flexibility index (Phi) is 3.23. The average molecular weight is 208 g/mol. The minimum absolute atomic E-state index is 0. The molecule has 3 N–H and O–H groups in total. The lowest BCUT2D eigenvalue weighted by atomic mass is 9.66. The number of aliphatic hydroxyl groups is 1. The second kappa shape index (κ2) is 3.73. The quantitative estimate of drug-likeness (QED) is 0.701. The Bertz CT molecular complexity index is 142. The fourth-order valence-corrected chi connectivity index (χ4v) is 2.30. The van der Waals surface area contributed by atoms with Crippen molar-refractivity contribution in [3.05, 3.63) is 0 Å². The molecule has 2 bridgehead atoms. The number of halogens is 1. The van der Waals surface area contributed by atoms with Crippen molar-refractivity contribution >= 4 is 12.4 Å². The normalized spacial score (nSPS) is 42.9. The zero-order valence-corrected chi connectivity index (χ0v) is 8.61. The molecule has 2 saturated heterocycles. The van der Waals surface area contributed by atoms with Crippen molar-refractivity contribution in [3.63, 3.8) is 0 Å². The molecule has 1 saturated carbocycles. The van der Waals surface area contributed by atoms with E-state index in [1.807, 2.05) is 0 Å². The van der Waals surface area contributed by atoms with Gasteiger partial charge in [-0.05, 0) is 25.7 Å². The third-order valence-corrected chi connectivity index (χ3v) is 3.61. The van der Waals surface area contributed by atoms with Crippen molar-refractivity contribution in [1.82, 2.24) is 0 Å². The van der Waals surface area contributed by atoms with Gasteiger partial charge in [0.2, 0.25) is 0 Å². The summed E-state index contributed by atoms with van der Waals surface area (Å²) in [5.41, 5.74) is 5.72. The molecule has 0 spiro atoms. The first-order chi connectivity index (χ1) is 5.74. The predicted octanol–water partition coefficient (Wildman–Crippen LogP) is 0.689. The average Bonchev–Trinajstić information content (AvgIpc) is 2.21. The number of fused-ring (bicyclic) bond motifs is 3. The van der Waals surface area contributed by atoms with Gasteiger partial charge in [0.05, 0.1) is 18.8 Å². The molecule has 0 radical (unpaired) electrons. The first-order valence-electron chi connectivity index (χ1n) is 4.69. The van der Waals surface area contributed by atoms with Gasteiger partial charge in [0.15, 0.2) is 0 Å². The molecule has 0 aromatic carbocycles. The zero-order valence-electron chi connectivity index (χ0n) is 7.79. The van der Waals surface area contributed by atoms with E-state index in [0.29, 0.717) is 13.2 Å². The van der Waals surface area contributed by atoms with E-state index in [1.54, 1.807) is 0 Å². The van der Waals surface area contributed by atoms with Crippen LogP contribution in [-0.4, -0.2) is 30.5 Å². The van der Waals surface area contributed by atoms with E-state index in [9.17, 15) is 5.11 Å². The summed E-state index contributed by atoms with van der Waals surface area (Å²) in [5, 5.41) is 9.21. The second-order valence-corrected chi connectivity index (χ2v) is 4.33. The van der Waals surface area contributed by atoms with Crippen molar-refractivity contribution in [1.29, 1.82) is 0 Å². The molecule has 3 rings (SSSR count). The number of rotatable bonds is 2. The van der Waals surface area contributed by atoms with Gasteiger partial charge < -0.3 is 15.6 Å². The molecule has 3 fully saturated rings. The molecule has 0 aromatic rings. The van der Waals surface area contributed by atoms with Gasteiger partial charge >= 0.3 is 0 Å². The standard InChI is InChI=1S/C9H17NO2.ClH/c10-5-9-3-1-8(6-11,2-4-9)7-12-9;/h11H,1-7,10H2;1H. The maximum atomic E-state index is 9.21. The van der Waals surface area contributed by atoms with Gasteiger partial charge in [0.25, 0.3) is 0 Å². The second-order valence-electron chi connectivity index (χ2n) is 4.33. The van der Waals surface area contributed by atoms with Crippen LogP contribution in [-0.2, 0) is 4.74 Å². The summed E-state index contributed by atoms with van der Waals surface area (Å²) in [7, 11) is 0. The summed E-state index contributed by atoms with van der Waals surface area (Å²) in [5.74, 6) is 0. The molecule has 2 heterocycles. The molecule has 1 aliphatic carbocycles. The number of ether oxygens (including phenoxy) is 1. The third-order valence-electron chi connectivity index (χ3n) is 3.61. The van der Waals surface area contributed by atoms with Crippen LogP contribution in [0, 0.1) is 5.41 Å². The number of nitrogens with two attached hydrogens (primary N) is 1. The lowest BCUT2D eigenvalue weighted by molar-refractivity contribution is -0.188. The van der Waals surface area contributed by atoms with Gasteiger partial charge in [0.1, 0.15) is 0 Å². The fourth-order valence-electron chi connectivity index (χ4n) is 2.30. The predicted molar refractivity (Wildman–Crippen MR) is 53.0 cm³/mol. The maximum absolute atomic E-state index is 9.21. The largest absolute Gasteiger partial charge is 0.396 e. The molecular weight excluding hydrogens is 190 g/mol. The Morgan fingerprint density at radius 2 is 1.85 bits per heavy atom. The molecule has 0 amide bonds. The van der Waals surface area contributed by atoms with Gasteiger partial charge in [0, 0.05) is 12.0 Å². The van der Waals surface area contributed by atoms with E-state index in [2.05, 4.69) is 0 Å². The van der Waals surface area contributed by atoms with Gasteiger partial charge in [-0.25, -0.2) is 0 Å². The minimum Gasteiger partial charge on any atom is -0.396 e. The molecule has 0 unspecified atom stereocenters. The van der Waals surface area contributed by atoms with E-state index in [0.717, 1.165) is 25.7 Å². The van der Waals surface area contributed by atoms with Crippen LogP contribution in [0.1, 0.15) is 25.7 Å². The number of aliphatic hydroxyl groups excluding tert-OH is 1. The first kappa shape index (κ1) is 11.2. The van der Waals surface area contributed by atoms with Crippen LogP contribution in [0.25, 0.3) is 0 Å². The van der Waals surface area contributed by atoms with Crippen LogP contribution >= 0.6 is 12.4 Å². The molecule has 78 valence electrons. The molecule has 3 aliphatic rings. The zero-order chi connectivity index (χ0) is 8.66. The highest BCUT2D eigenvalue weighted by molar-refractivity contribution is 5.85. The van der Waals surface area contributed by atoms with Gasteiger partial charge in [-0.15, -0.1) is 12.4 Å². The van der Waals surface area contributed by atoms with Crippen molar-refractivity contribution in [3.8, 4) is 0 Å². The SMILES string of the molecule is Cl.NCC12CCC(CO)(CC1)CO2. The van der Waals surface area contributed by atoms with Crippen LogP contribution in [0.4, 0.5) is 0 Å². The highest BCUT2D eigenvalue weighted by atomic mass is 35.5. The maximum Gasteiger partial charge on any atom is 0.0804 e. The van der Waals surface area contributed by atoms with Crippen molar-refractivity contribution in [2.24, 2.45) is 11.1 Å². The lowest BCUT2D eigenvalue weighted by Crippen LogP contribution is -2.55. The van der Waals surface area contributed by atoms with Crippen molar-refractivity contribution in [2.45, 2.75) is 31.3 Å². The van der Waals surface area contributed by atoms with Crippen LogP contribution in [0.5, 0.6) is 0 Å². The Balaban J connectivity index is 0.000000845. The number of hydrogen-bond donors (Lipinski definition) is 2. The monoisotopic (exact) mass is 207 g/mol. The molecule has 13 heavy (non-hydrogen) atoms. The van der Waals surface area contributed by atoms with Crippen LogP contribution in [0.15, 0.2) is 0 Å². The van der Waals surface area contributed by atoms with Crippen LogP contribution < -0.4 is 5.73 Å². The van der Waals surface area contributed by atoms with Gasteiger partial charge in [-0.1, -0.05) is 0 Å². The van der Waals surface area contributed by atoms with Crippen molar-refractivity contribution < 1.29 is 9.84 Å². The fraction of sp³-hybridized carbons (Fsp3) is 1.00. The summed E-state index contributed by atoms with van der Waals surface area (Å²) < 4.78 is 5.72. The van der Waals surface area contributed by atoms with E-state index < -0.39 is 0 Å².